The average molecular weight is 203 g/mol. The van der Waals surface area contributed by atoms with E-state index in [2.05, 4.69) is 11.8 Å². The van der Waals surface area contributed by atoms with Gasteiger partial charge in [0.05, 0.1) is 0 Å². The minimum absolute atomic E-state index is 0.543. The first kappa shape index (κ1) is 11.0. The maximum atomic E-state index is 5.76. The molecule has 1 aliphatic heterocycles. The van der Waals surface area contributed by atoms with Crippen LogP contribution in [0.3, 0.4) is 0 Å². The third-order valence-electron chi connectivity index (χ3n) is 2.90. The normalized spacial score (nSPS) is 31.3. The van der Waals surface area contributed by atoms with Gasteiger partial charge in [0.2, 0.25) is 0 Å². The van der Waals surface area contributed by atoms with Crippen molar-refractivity contribution < 1.29 is 0 Å². The number of hydrogen-bond acceptors (Lipinski definition) is 2. The van der Waals surface area contributed by atoms with Gasteiger partial charge in [0.1, 0.15) is 0 Å². The van der Waals surface area contributed by atoms with E-state index in [1.165, 1.54) is 12.8 Å². The maximum absolute atomic E-state index is 5.76. The lowest BCUT2D eigenvalue weighted by molar-refractivity contribution is 0.120. The van der Waals surface area contributed by atoms with Crippen LogP contribution in [-0.2, 0) is 0 Å². The number of halogens is 1. The van der Waals surface area contributed by atoms with Gasteiger partial charge in [-0.1, -0.05) is 24.6 Å². The Labute approximate surface area is 85.7 Å². The van der Waals surface area contributed by atoms with E-state index < -0.39 is 0 Å². The molecule has 1 fully saturated rings. The molecular weight excluding hydrogens is 184 g/mol. The zero-order valence-electron chi connectivity index (χ0n) is 8.25. The summed E-state index contributed by atoms with van der Waals surface area (Å²) in [5.74, 6) is 0.725. The van der Waals surface area contributed by atoms with Crippen molar-refractivity contribution >= 4 is 11.6 Å². The van der Waals surface area contributed by atoms with Crippen LogP contribution in [0.2, 0.25) is 0 Å². The van der Waals surface area contributed by atoms with Crippen molar-refractivity contribution in [1.29, 1.82) is 0 Å². The van der Waals surface area contributed by atoms with Crippen molar-refractivity contribution in [2.24, 2.45) is 11.7 Å². The first-order valence-corrected chi connectivity index (χ1v) is 5.42. The van der Waals surface area contributed by atoms with Crippen molar-refractivity contribution in [3.63, 3.8) is 0 Å². The molecule has 0 aromatic carbocycles. The first-order chi connectivity index (χ1) is 6.29. The first-order valence-electron chi connectivity index (χ1n) is 4.99. The van der Waals surface area contributed by atoms with Gasteiger partial charge in [-0.15, -0.1) is 0 Å². The Balaban J connectivity index is 2.48. The summed E-state index contributed by atoms with van der Waals surface area (Å²) in [4.78, 5) is 2.42. The van der Waals surface area contributed by atoms with Gasteiger partial charge in [0.15, 0.2) is 0 Å². The molecule has 1 saturated heterocycles. The maximum Gasteiger partial charge on any atom is 0.0247 e. The minimum atomic E-state index is 0.543. The minimum Gasteiger partial charge on any atom is -0.329 e. The van der Waals surface area contributed by atoms with E-state index in [-0.39, 0.29) is 0 Å². The summed E-state index contributed by atoms with van der Waals surface area (Å²) in [7, 11) is 0. The highest BCUT2D eigenvalue weighted by Gasteiger charge is 2.25. The third kappa shape index (κ3) is 2.97. The van der Waals surface area contributed by atoms with E-state index in [1.54, 1.807) is 5.54 Å². The van der Waals surface area contributed by atoms with Gasteiger partial charge in [-0.2, -0.15) is 0 Å². The van der Waals surface area contributed by atoms with Gasteiger partial charge in [0.25, 0.3) is 0 Å². The topological polar surface area (TPSA) is 29.3 Å². The number of nitrogens with zero attached hydrogens (tertiary/aromatic N) is 1. The molecule has 0 aromatic rings. The fraction of sp³-hybridized carbons (Fsp3) is 0.800. The van der Waals surface area contributed by atoms with E-state index in [4.69, 9.17) is 17.3 Å². The smallest absolute Gasteiger partial charge is 0.0247 e. The van der Waals surface area contributed by atoms with Gasteiger partial charge in [0, 0.05) is 24.7 Å². The second-order valence-corrected chi connectivity index (χ2v) is 4.03. The molecule has 2 atom stereocenters. The van der Waals surface area contributed by atoms with Crippen molar-refractivity contribution in [2.75, 3.05) is 19.6 Å². The van der Waals surface area contributed by atoms with Crippen LogP contribution in [0, 0.1) is 5.92 Å². The summed E-state index contributed by atoms with van der Waals surface area (Å²) in [5, 5.41) is 0. The van der Waals surface area contributed by atoms with Crippen LogP contribution < -0.4 is 5.73 Å². The number of nitrogens with two attached hydrogens (primary N) is 1. The Morgan fingerprint density at radius 1 is 1.62 bits per heavy atom. The van der Waals surface area contributed by atoms with Gasteiger partial charge < -0.3 is 5.73 Å². The molecule has 0 spiro atoms. The molecule has 0 radical (unpaired) electrons. The Morgan fingerprint density at radius 2 is 2.38 bits per heavy atom. The number of likely N-dealkylation sites (tertiary alicyclic amines) is 1. The molecule has 0 aliphatic carbocycles. The summed E-state index contributed by atoms with van der Waals surface area (Å²) in [6.45, 7) is 5.15. The van der Waals surface area contributed by atoms with E-state index in [0.717, 1.165) is 25.6 Å². The molecule has 13 heavy (non-hydrogen) atoms. The van der Waals surface area contributed by atoms with E-state index in [9.17, 15) is 0 Å². The molecule has 1 aliphatic rings. The summed E-state index contributed by atoms with van der Waals surface area (Å²) in [6, 6.07) is 0.543. The number of hydrogen-bond donors (Lipinski definition) is 1. The lowest BCUT2D eigenvalue weighted by Crippen LogP contribution is -2.48. The molecule has 3 heteroatoms. The second kappa shape index (κ2) is 5.63. The molecule has 2 N–H and O–H groups in total. The Bertz CT molecular complexity index is 170. The van der Waals surface area contributed by atoms with Gasteiger partial charge >= 0.3 is 0 Å². The van der Waals surface area contributed by atoms with E-state index >= 15 is 0 Å². The molecule has 0 aromatic heterocycles. The highest BCUT2D eigenvalue weighted by Crippen LogP contribution is 2.22. The lowest BCUT2D eigenvalue weighted by atomic mass is 9.91. The molecule has 0 saturated carbocycles. The molecule has 0 amide bonds. The Morgan fingerprint density at radius 3 is 3.00 bits per heavy atom. The zero-order chi connectivity index (χ0) is 9.68. The van der Waals surface area contributed by atoms with Crippen LogP contribution >= 0.6 is 11.6 Å². The van der Waals surface area contributed by atoms with Crippen molar-refractivity contribution in [1.82, 2.24) is 4.90 Å². The molecule has 2 unspecified atom stereocenters. The van der Waals surface area contributed by atoms with Crippen LogP contribution in [-0.4, -0.2) is 30.6 Å². The fourth-order valence-corrected chi connectivity index (χ4v) is 2.20. The number of piperidine rings is 1. The van der Waals surface area contributed by atoms with Crippen molar-refractivity contribution in [3.05, 3.63) is 11.6 Å². The zero-order valence-corrected chi connectivity index (χ0v) is 9.00. The van der Waals surface area contributed by atoms with E-state index in [0.29, 0.717) is 6.04 Å². The van der Waals surface area contributed by atoms with Gasteiger partial charge in [-0.05, 0) is 25.3 Å². The summed E-state index contributed by atoms with van der Waals surface area (Å²) in [6.07, 6.45) is 4.58. The van der Waals surface area contributed by atoms with Crippen molar-refractivity contribution in [2.45, 2.75) is 25.8 Å². The predicted molar refractivity (Wildman–Crippen MR) is 57.8 cm³/mol. The Hall–Kier alpha value is -0.0500. The average Bonchev–Trinajstić information content (AvgIpc) is 2.15. The number of rotatable bonds is 3. The second-order valence-electron chi connectivity index (χ2n) is 3.78. The molecule has 1 rings (SSSR count). The molecule has 76 valence electrons. The van der Waals surface area contributed by atoms with E-state index in [1.807, 2.05) is 6.08 Å². The van der Waals surface area contributed by atoms with Crippen LogP contribution in [0.1, 0.15) is 19.8 Å². The van der Waals surface area contributed by atoms with Crippen LogP contribution in [0.25, 0.3) is 0 Å². The molecule has 1 heterocycles. The monoisotopic (exact) mass is 202 g/mol. The fourth-order valence-electron chi connectivity index (χ4n) is 2.12. The van der Waals surface area contributed by atoms with Gasteiger partial charge in [-0.25, -0.2) is 0 Å². The van der Waals surface area contributed by atoms with Gasteiger partial charge in [-0.3, -0.25) is 4.90 Å². The third-order valence-corrected chi connectivity index (χ3v) is 3.08. The highest BCUT2D eigenvalue weighted by molar-refractivity contribution is 6.25. The quantitative estimate of drug-likeness (QED) is 0.757. The lowest BCUT2D eigenvalue weighted by Gasteiger charge is -2.38. The van der Waals surface area contributed by atoms with Crippen LogP contribution in [0.15, 0.2) is 11.6 Å². The molecular formula is C10H19ClN2. The standard InChI is InChI=1S/C10H19ClN2/c1-9-4-2-6-13(7-3-5-11)10(9)8-12/h3,5,9-10H,2,4,6-8,12H2,1H3/b5-3+. The van der Waals surface area contributed by atoms with Crippen LogP contribution in [0.4, 0.5) is 0 Å². The SMILES string of the molecule is CC1CCCN(C/C=C/Cl)C1CN. The predicted octanol–water partition coefficient (Wildman–Crippen LogP) is 1.80. The Kier molecular flexibility index (Phi) is 4.78. The highest BCUT2D eigenvalue weighted by atomic mass is 35.5. The van der Waals surface area contributed by atoms with Crippen LogP contribution in [0.5, 0.6) is 0 Å². The largest absolute Gasteiger partial charge is 0.329 e. The molecule has 2 nitrogen and oxygen atoms in total. The van der Waals surface area contributed by atoms with Crippen molar-refractivity contribution in [3.8, 4) is 0 Å². The summed E-state index contributed by atoms with van der Waals surface area (Å²) in [5.41, 5.74) is 7.35. The summed E-state index contributed by atoms with van der Waals surface area (Å²) < 4.78 is 0. The molecule has 0 bridgehead atoms. The summed E-state index contributed by atoms with van der Waals surface area (Å²) >= 11 is 5.51.